The molecule has 0 saturated heterocycles. The smallest absolute Gasteiger partial charge is 0 e. The molecule has 0 atom stereocenters. The summed E-state index contributed by atoms with van der Waals surface area (Å²) in [5.74, 6) is 0. The van der Waals surface area contributed by atoms with E-state index in [1.54, 1.807) is 0 Å². The van der Waals surface area contributed by atoms with Gasteiger partial charge in [0.25, 0.3) is 0 Å². The van der Waals surface area contributed by atoms with Crippen molar-refractivity contribution in [3.05, 3.63) is 0 Å². The van der Waals surface area contributed by atoms with Crippen molar-refractivity contribution in [2.24, 2.45) is 0 Å². The zero-order valence-electron chi connectivity index (χ0n) is 1.95. The molecule has 0 saturated carbocycles. The van der Waals surface area contributed by atoms with Gasteiger partial charge in [0.2, 0.25) is 0 Å². The third-order valence-corrected chi connectivity index (χ3v) is 0. The normalized spacial score (nSPS) is 0. The van der Waals surface area contributed by atoms with E-state index in [-0.39, 0.29) is 122 Å². The Morgan fingerprint density at radius 1 is 0.500 bits per heavy atom. The van der Waals surface area contributed by atoms with Crippen LogP contribution in [0.4, 0.5) is 0 Å². The Labute approximate surface area is 119 Å². The second kappa shape index (κ2) is 39.1. The van der Waals surface area contributed by atoms with Gasteiger partial charge in [-0.05, 0) is 0 Å². The third kappa shape index (κ3) is 25.9. The monoisotopic (exact) mass is 379 g/mol. The fourth-order valence-electron chi connectivity index (χ4n) is 0. The molecule has 6 heavy (non-hydrogen) atoms. The molecule has 0 aliphatic heterocycles. The van der Waals surface area contributed by atoms with E-state index < -0.39 is 0 Å². The van der Waals surface area contributed by atoms with Gasteiger partial charge >= 0.3 is 51.4 Å². The zero-order valence-corrected chi connectivity index (χ0v) is 7.49. The number of hydrogen-bond donors (Lipinski definition) is 0. The Kier molecular flexibility index (Phi) is 367. The molecule has 0 unspecified atom stereocenters. The Morgan fingerprint density at radius 2 is 0.500 bits per heavy atom. The van der Waals surface area contributed by atoms with Gasteiger partial charge in [0.15, 0.2) is 0 Å². The predicted molar refractivity (Wildman–Crippen MR) is 36.1 cm³/mol. The summed E-state index contributed by atoms with van der Waals surface area (Å²) < 4.78 is 0. The molecule has 0 fully saturated rings. The van der Waals surface area contributed by atoms with Crippen molar-refractivity contribution in [1.29, 1.82) is 0 Å². The van der Waals surface area contributed by atoms with Crippen molar-refractivity contribution >= 4 is 101 Å². The van der Waals surface area contributed by atoms with Crippen molar-refractivity contribution in [3.8, 4) is 0 Å². The molecule has 0 N–H and O–H groups in total. The standard InChI is InChI=1S/4ClH.K.Pt.H/h4*1H;;;. The maximum atomic E-state index is 0. The maximum Gasteiger partial charge on any atom is 0 e. The molecular weight excluding hydrogens is 376 g/mol. The molecule has 0 nitrogen and oxygen atoms in total. The fraction of sp³-hybridized carbons (Fsp3) is 0. The van der Waals surface area contributed by atoms with E-state index in [4.69, 9.17) is 0 Å². The number of halogens is 4. The van der Waals surface area contributed by atoms with Crippen LogP contribution in [0.3, 0.4) is 0 Å². The third-order valence-electron chi connectivity index (χ3n) is 0. The van der Waals surface area contributed by atoms with E-state index in [1.807, 2.05) is 0 Å². The molecule has 0 aliphatic rings. The van der Waals surface area contributed by atoms with E-state index in [1.165, 1.54) is 0 Å². The van der Waals surface area contributed by atoms with Crippen LogP contribution in [0.5, 0.6) is 0 Å². The van der Waals surface area contributed by atoms with Crippen LogP contribution in [-0.2, 0) is 21.1 Å². The fourth-order valence-corrected chi connectivity index (χ4v) is 0. The predicted octanol–water partition coefficient (Wildman–Crippen LogP) is 1.04. The summed E-state index contributed by atoms with van der Waals surface area (Å²) in [6.45, 7) is 0. The van der Waals surface area contributed by atoms with E-state index in [0.29, 0.717) is 0 Å². The first-order chi connectivity index (χ1) is 0. The van der Waals surface area contributed by atoms with Gasteiger partial charge in [0.1, 0.15) is 0 Å². The summed E-state index contributed by atoms with van der Waals surface area (Å²) in [6.07, 6.45) is 0. The minimum atomic E-state index is 0. The molecule has 44 valence electrons. The van der Waals surface area contributed by atoms with Crippen LogP contribution in [0.25, 0.3) is 0 Å². The molecule has 0 heterocycles. The van der Waals surface area contributed by atoms with E-state index in [0.717, 1.165) is 0 Å². The SMILES string of the molecule is Cl.Cl.Cl.Cl.[KH].[Pt]. The Hall–Kier alpha value is 3.48. The van der Waals surface area contributed by atoms with E-state index >= 15 is 0 Å². The Morgan fingerprint density at radius 3 is 0.500 bits per heavy atom. The Bertz CT molecular complexity index is 7.51. The topological polar surface area (TPSA) is 0 Å². The maximum absolute atomic E-state index is 0. The van der Waals surface area contributed by atoms with Gasteiger partial charge in [0, 0.05) is 21.1 Å². The van der Waals surface area contributed by atoms with Crippen LogP contribution in [0, 0.1) is 0 Å². The Balaban J connectivity index is 0. The first-order valence-electron chi connectivity index (χ1n) is 0. The first-order valence-corrected chi connectivity index (χ1v) is 0. The second-order valence-corrected chi connectivity index (χ2v) is 0. The van der Waals surface area contributed by atoms with Crippen LogP contribution >= 0.6 is 49.6 Å². The summed E-state index contributed by atoms with van der Waals surface area (Å²) in [5, 5.41) is 0. The summed E-state index contributed by atoms with van der Waals surface area (Å²) in [7, 11) is 0. The second-order valence-electron chi connectivity index (χ2n) is 0. The quantitative estimate of drug-likeness (QED) is 0.551. The average Bonchev–Trinajstić information content (AvgIpc) is 0. The van der Waals surface area contributed by atoms with Crippen LogP contribution in [0.15, 0.2) is 0 Å². The molecule has 0 aromatic carbocycles. The minimum Gasteiger partial charge on any atom is 0 e. The summed E-state index contributed by atoms with van der Waals surface area (Å²) in [5.41, 5.74) is 0. The molecule has 0 amide bonds. The van der Waals surface area contributed by atoms with Crippen LogP contribution < -0.4 is 0 Å². The molecule has 0 radical (unpaired) electrons. The molecule has 6 heteroatoms. The van der Waals surface area contributed by atoms with Gasteiger partial charge in [-0.2, -0.15) is 0 Å². The van der Waals surface area contributed by atoms with Crippen LogP contribution in [0.2, 0.25) is 0 Å². The molecular formula is H5Cl4KPt. The molecule has 0 aromatic rings. The van der Waals surface area contributed by atoms with Gasteiger partial charge < -0.3 is 0 Å². The van der Waals surface area contributed by atoms with Gasteiger partial charge in [-0.3, -0.25) is 0 Å². The summed E-state index contributed by atoms with van der Waals surface area (Å²) in [4.78, 5) is 0. The molecule has 0 rings (SSSR count). The van der Waals surface area contributed by atoms with Crippen molar-refractivity contribution < 1.29 is 21.1 Å². The van der Waals surface area contributed by atoms with Crippen molar-refractivity contribution in [2.75, 3.05) is 0 Å². The van der Waals surface area contributed by atoms with Gasteiger partial charge in [-0.1, -0.05) is 0 Å². The van der Waals surface area contributed by atoms with Gasteiger partial charge in [-0.15, -0.1) is 49.6 Å². The molecule has 0 aromatic heterocycles. The van der Waals surface area contributed by atoms with Crippen molar-refractivity contribution in [3.63, 3.8) is 0 Å². The van der Waals surface area contributed by atoms with E-state index in [9.17, 15) is 0 Å². The number of hydrogen-bond acceptors (Lipinski definition) is 0. The zero-order chi connectivity index (χ0) is 0. The first kappa shape index (κ1) is 56.2. The van der Waals surface area contributed by atoms with Gasteiger partial charge in [0.05, 0.1) is 0 Å². The van der Waals surface area contributed by atoms with E-state index in [2.05, 4.69) is 0 Å². The molecule has 0 aliphatic carbocycles. The van der Waals surface area contributed by atoms with Crippen LogP contribution in [-0.4, -0.2) is 51.4 Å². The molecule has 0 bridgehead atoms. The van der Waals surface area contributed by atoms with Gasteiger partial charge in [-0.25, -0.2) is 0 Å². The van der Waals surface area contributed by atoms with Crippen molar-refractivity contribution in [1.82, 2.24) is 0 Å². The largest absolute Gasteiger partial charge is 0 e. The van der Waals surface area contributed by atoms with Crippen molar-refractivity contribution in [2.45, 2.75) is 0 Å². The number of rotatable bonds is 0. The summed E-state index contributed by atoms with van der Waals surface area (Å²) in [6, 6.07) is 0. The average molecular weight is 381 g/mol. The summed E-state index contributed by atoms with van der Waals surface area (Å²) >= 11 is 0. The molecule has 0 spiro atoms. The minimum absolute atomic E-state index is 0. The van der Waals surface area contributed by atoms with Crippen LogP contribution in [0.1, 0.15) is 0 Å².